The van der Waals surface area contributed by atoms with Crippen LogP contribution in [0.4, 0.5) is 5.69 Å². The van der Waals surface area contributed by atoms with E-state index in [1.165, 1.54) is 0 Å². The number of anilines is 1. The fraction of sp³-hybridized carbons (Fsp3) is 0.348. The number of halogens is 2. The van der Waals surface area contributed by atoms with Gasteiger partial charge in [-0.2, -0.15) is 0 Å². The molecular formula is C23H31ClIN5O2. The summed E-state index contributed by atoms with van der Waals surface area (Å²) in [5.74, 6) is 0.434. The van der Waals surface area contributed by atoms with E-state index >= 15 is 0 Å². The molecule has 174 valence electrons. The number of guanidine groups is 1. The third-order valence-corrected chi connectivity index (χ3v) is 5.03. The van der Waals surface area contributed by atoms with Gasteiger partial charge < -0.3 is 21.3 Å². The van der Waals surface area contributed by atoms with E-state index in [1.807, 2.05) is 38.1 Å². The quantitative estimate of drug-likeness (QED) is 0.210. The lowest BCUT2D eigenvalue weighted by Crippen LogP contribution is -2.38. The second-order valence-corrected chi connectivity index (χ2v) is 7.33. The van der Waals surface area contributed by atoms with E-state index in [-0.39, 0.29) is 42.2 Å². The number of hydrogen-bond acceptors (Lipinski definition) is 3. The predicted molar refractivity (Wildman–Crippen MR) is 142 cm³/mol. The Labute approximate surface area is 211 Å². The molecule has 0 saturated carbocycles. The Kier molecular flexibility index (Phi) is 12.7. The largest absolute Gasteiger partial charge is 0.357 e. The average Bonchev–Trinajstić information content (AvgIpc) is 2.76. The number of nitrogens with zero attached hydrogens (tertiary/aromatic N) is 1. The highest BCUT2D eigenvalue weighted by Crippen LogP contribution is 2.22. The first kappa shape index (κ1) is 27.7. The Balaban J connectivity index is 0.00000512. The highest BCUT2D eigenvalue weighted by atomic mass is 127. The SMILES string of the molecule is CCNC(=NCCC(=O)Nc1cccc(Cl)c1C)NCCc1cccc(C(=O)NC)c1.I. The molecule has 32 heavy (non-hydrogen) atoms. The number of aliphatic imine (C=N–C) groups is 1. The van der Waals surface area contributed by atoms with Crippen molar-refractivity contribution in [2.75, 3.05) is 32.0 Å². The highest BCUT2D eigenvalue weighted by Gasteiger charge is 2.07. The Morgan fingerprint density at radius 1 is 1.09 bits per heavy atom. The normalized spacial score (nSPS) is 10.7. The number of hydrogen-bond donors (Lipinski definition) is 4. The van der Waals surface area contributed by atoms with Crippen LogP contribution in [0.2, 0.25) is 5.02 Å². The molecule has 2 amide bonds. The molecule has 9 heteroatoms. The molecule has 0 heterocycles. The number of amides is 2. The Morgan fingerprint density at radius 2 is 1.84 bits per heavy atom. The van der Waals surface area contributed by atoms with E-state index in [0.717, 1.165) is 17.5 Å². The minimum atomic E-state index is -0.115. The molecule has 0 aliphatic heterocycles. The molecule has 4 N–H and O–H groups in total. The molecule has 0 radical (unpaired) electrons. The Hall–Kier alpha value is -2.33. The van der Waals surface area contributed by atoms with Crippen molar-refractivity contribution in [2.24, 2.45) is 4.99 Å². The van der Waals surface area contributed by atoms with Crippen molar-refractivity contribution in [1.82, 2.24) is 16.0 Å². The summed E-state index contributed by atoms with van der Waals surface area (Å²) in [5.41, 5.74) is 3.25. The third-order valence-electron chi connectivity index (χ3n) is 4.62. The summed E-state index contributed by atoms with van der Waals surface area (Å²) in [7, 11) is 1.62. The monoisotopic (exact) mass is 571 g/mol. The molecule has 2 rings (SSSR count). The van der Waals surface area contributed by atoms with Gasteiger partial charge in [-0.15, -0.1) is 24.0 Å². The number of carbonyl (C=O) groups is 2. The van der Waals surface area contributed by atoms with Gasteiger partial charge in [-0.25, -0.2) is 0 Å². The van der Waals surface area contributed by atoms with Crippen LogP contribution in [0.3, 0.4) is 0 Å². The van der Waals surface area contributed by atoms with Gasteiger partial charge >= 0.3 is 0 Å². The van der Waals surface area contributed by atoms with Crippen molar-refractivity contribution in [2.45, 2.75) is 26.7 Å². The zero-order valence-electron chi connectivity index (χ0n) is 18.6. The van der Waals surface area contributed by atoms with Crippen LogP contribution in [0, 0.1) is 6.92 Å². The topological polar surface area (TPSA) is 94.6 Å². The predicted octanol–water partition coefficient (Wildman–Crippen LogP) is 3.75. The maximum absolute atomic E-state index is 12.2. The van der Waals surface area contributed by atoms with Gasteiger partial charge in [0, 0.05) is 42.8 Å². The summed E-state index contributed by atoms with van der Waals surface area (Å²) in [6.45, 7) is 5.57. The molecule has 0 saturated heterocycles. The average molecular weight is 572 g/mol. The first-order valence-corrected chi connectivity index (χ1v) is 10.7. The van der Waals surface area contributed by atoms with Crippen LogP contribution in [0.5, 0.6) is 0 Å². The molecule has 0 aliphatic carbocycles. The smallest absolute Gasteiger partial charge is 0.251 e. The zero-order chi connectivity index (χ0) is 22.6. The number of nitrogens with one attached hydrogen (secondary N) is 4. The van der Waals surface area contributed by atoms with E-state index in [0.29, 0.717) is 41.9 Å². The molecular weight excluding hydrogens is 541 g/mol. The van der Waals surface area contributed by atoms with Crippen molar-refractivity contribution < 1.29 is 9.59 Å². The van der Waals surface area contributed by atoms with E-state index in [2.05, 4.69) is 26.3 Å². The van der Waals surface area contributed by atoms with E-state index in [4.69, 9.17) is 11.6 Å². The fourth-order valence-corrected chi connectivity index (χ4v) is 3.08. The minimum Gasteiger partial charge on any atom is -0.357 e. The van der Waals surface area contributed by atoms with Crippen LogP contribution in [0.1, 0.15) is 34.8 Å². The molecule has 7 nitrogen and oxygen atoms in total. The maximum atomic E-state index is 12.2. The van der Waals surface area contributed by atoms with Crippen LogP contribution >= 0.6 is 35.6 Å². The molecule has 0 atom stereocenters. The lowest BCUT2D eigenvalue weighted by Gasteiger charge is -2.12. The molecule has 2 aromatic rings. The molecule has 0 aliphatic rings. The summed E-state index contributed by atoms with van der Waals surface area (Å²) in [5, 5.41) is 12.6. The van der Waals surface area contributed by atoms with Gasteiger partial charge in [0.2, 0.25) is 5.91 Å². The maximum Gasteiger partial charge on any atom is 0.251 e. The van der Waals surface area contributed by atoms with Crippen molar-refractivity contribution in [3.8, 4) is 0 Å². The summed E-state index contributed by atoms with van der Waals surface area (Å²) < 4.78 is 0. The summed E-state index contributed by atoms with van der Waals surface area (Å²) >= 11 is 6.09. The Morgan fingerprint density at radius 3 is 2.56 bits per heavy atom. The van der Waals surface area contributed by atoms with Gasteiger partial charge in [0.05, 0.1) is 6.54 Å². The van der Waals surface area contributed by atoms with E-state index in [9.17, 15) is 9.59 Å². The summed E-state index contributed by atoms with van der Waals surface area (Å²) in [6.07, 6.45) is 1.00. The van der Waals surface area contributed by atoms with Crippen molar-refractivity contribution >= 4 is 59.0 Å². The number of carbonyl (C=O) groups excluding carboxylic acids is 2. The van der Waals surface area contributed by atoms with Gasteiger partial charge in [0.1, 0.15) is 0 Å². The first-order valence-electron chi connectivity index (χ1n) is 10.3. The molecule has 0 unspecified atom stereocenters. The Bertz CT molecular complexity index is 936. The second-order valence-electron chi connectivity index (χ2n) is 6.93. The third kappa shape index (κ3) is 9.04. The first-order chi connectivity index (χ1) is 14.9. The van der Waals surface area contributed by atoms with Crippen LogP contribution < -0.4 is 21.3 Å². The highest BCUT2D eigenvalue weighted by molar-refractivity contribution is 14.0. The second kappa shape index (κ2) is 14.7. The zero-order valence-corrected chi connectivity index (χ0v) is 21.7. The van der Waals surface area contributed by atoms with Crippen LogP contribution in [-0.4, -0.2) is 44.5 Å². The molecule has 0 spiro atoms. The molecule has 0 aromatic heterocycles. The van der Waals surface area contributed by atoms with Crippen LogP contribution in [0.25, 0.3) is 0 Å². The van der Waals surface area contributed by atoms with Crippen molar-refractivity contribution in [3.05, 3.63) is 64.2 Å². The van der Waals surface area contributed by atoms with Crippen molar-refractivity contribution in [3.63, 3.8) is 0 Å². The van der Waals surface area contributed by atoms with Crippen molar-refractivity contribution in [1.29, 1.82) is 0 Å². The van der Waals surface area contributed by atoms with Gasteiger partial charge in [0.25, 0.3) is 5.91 Å². The van der Waals surface area contributed by atoms with Gasteiger partial charge in [-0.05, 0) is 55.7 Å². The standard InChI is InChI=1S/C23H30ClN5O2.HI/c1-4-26-23(27-13-11-17-7-5-8-18(15-17)22(31)25-3)28-14-12-21(30)29-20-10-6-9-19(24)16(20)2;/h5-10,15H,4,11-14H2,1-3H3,(H,25,31)(H,29,30)(H2,26,27,28);1H. The summed E-state index contributed by atoms with van der Waals surface area (Å²) in [6, 6.07) is 13.0. The molecule has 0 fully saturated rings. The van der Waals surface area contributed by atoms with Gasteiger partial charge in [-0.3, -0.25) is 14.6 Å². The minimum absolute atomic E-state index is 0. The van der Waals surface area contributed by atoms with Gasteiger partial charge in [0.15, 0.2) is 5.96 Å². The number of rotatable bonds is 9. The van der Waals surface area contributed by atoms with Crippen LogP contribution in [0.15, 0.2) is 47.5 Å². The summed E-state index contributed by atoms with van der Waals surface area (Å²) in [4.78, 5) is 28.5. The fourth-order valence-electron chi connectivity index (χ4n) is 2.90. The molecule has 2 aromatic carbocycles. The number of benzene rings is 2. The van der Waals surface area contributed by atoms with Gasteiger partial charge in [-0.1, -0.05) is 29.8 Å². The lowest BCUT2D eigenvalue weighted by molar-refractivity contribution is -0.116. The van der Waals surface area contributed by atoms with E-state index < -0.39 is 0 Å². The lowest BCUT2D eigenvalue weighted by atomic mass is 10.1. The van der Waals surface area contributed by atoms with E-state index in [1.54, 1.807) is 25.2 Å². The molecule has 0 bridgehead atoms. The van der Waals surface area contributed by atoms with Crippen LogP contribution in [-0.2, 0) is 11.2 Å².